The summed E-state index contributed by atoms with van der Waals surface area (Å²) < 4.78 is 9.10. The average molecular weight is 223 g/mol. The SMILES string of the molecule is COC(=O)COC(=O)c1ccc(N)cc1C. The van der Waals surface area contributed by atoms with Crippen LogP contribution in [0.2, 0.25) is 0 Å². The maximum Gasteiger partial charge on any atom is 0.344 e. The van der Waals surface area contributed by atoms with Crippen LogP contribution in [0.1, 0.15) is 15.9 Å². The van der Waals surface area contributed by atoms with Gasteiger partial charge in [-0.3, -0.25) is 0 Å². The van der Waals surface area contributed by atoms with Crippen LogP contribution in [-0.4, -0.2) is 25.7 Å². The summed E-state index contributed by atoms with van der Waals surface area (Å²) in [5.74, 6) is -1.16. The first-order chi connectivity index (χ1) is 7.54. The normalized spacial score (nSPS) is 9.62. The van der Waals surface area contributed by atoms with Crippen LogP contribution in [0.15, 0.2) is 18.2 Å². The van der Waals surface area contributed by atoms with Crippen molar-refractivity contribution in [1.29, 1.82) is 0 Å². The van der Waals surface area contributed by atoms with Gasteiger partial charge in [-0.05, 0) is 30.7 Å². The zero-order valence-corrected chi connectivity index (χ0v) is 9.15. The van der Waals surface area contributed by atoms with E-state index in [1.54, 1.807) is 25.1 Å². The number of hydrogen-bond donors (Lipinski definition) is 1. The number of esters is 2. The highest BCUT2D eigenvalue weighted by molar-refractivity contribution is 5.92. The summed E-state index contributed by atoms with van der Waals surface area (Å²) >= 11 is 0. The summed E-state index contributed by atoms with van der Waals surface area (Å²) in [4.78, 5) is 22.3. The van der Waals surface area contributed by atoms with Gasteiger partial charge in [0, 0.05) is 5.69 Å². The summed E-state index contributed by atoms with van der Waals surface area (Å²) in [6.45, 7) is 1.35. The van der Waals surface area contributed by atoms with E-state index in [2.05, 4.69) is 4.74 Å². The summed E-state index contributed by atoms with van der Waals surface area (Å²) in [7, 11) is 1.23. The Labute approximate surface area is 93.1 Å². The lowest BCUT2D eigenvalue weighted by atomic mass is 10.1. The molecule has 86 valence electrons. The summed E-state index contributed by atoms with van der Waals surface area (Å²) in [5.41, 5.74) is 7.21. The molecule has 0 radical (unpaired) electrons. The second kappa shape index (κ2) is 5.16. The van der Waals surface area contributed by atoms with Gasteiger partial charge in [0.1, 0.15) is 0 Å². The van der Waals surface area contributed by atoms with Crippen molar-refractivity contribution >= 4 is 17.6 Å². The highest BCUT2D eigenvalue weighted by atomic mass is 16.6. The van der Waals surface area contributed by atoms with Crippen LogP contribution >= 0.6 is 0 Å². The Morgan fingerprint density at radius 3 is 2.62 bits per heavy atom. The van der Waals surface area contributed by atoms with Crippen molar-refractivity contribution in [3.63, 3.8) is 0 Å². The third-order valence-electron chi connectivity index (χ3n) is 2.02. The third kappa shape index (κ3) is 2.98. The van der Waals surface area contributed by atoms with Crippen LogP contribution < -0.4 is 5.73 Å². The van der Waals surface area contributed by atoms with Gasteiger partial charge in [0.15, 0.2) is 6.61 Å². The van der Waals surface area contributed by atoms with E-state index in [9.17, 15) is 9.59 Å². The smallest absolute Gasteiger partial charge is 0.344 e. The van der Waals surface area contributed by atoms with Crippen molar-refractivity contribution in [1.82, 2.24) is 0 Å². The van der Waals surface area contributed by atoms with Gasteiger partial charge in [0.2, 0.25) is 0 Å². The number of rotatable bonds is 3. The Bertz CT molecular complexity index is 414. The second-order valence-corrected chi connectivity index (χ2v) is 3.23. The van der Waals surface area contributed by atoms with Gasteiger partial charge in [-0.15, -0.1) is 0 Å². The van der Waals surface area contributed by atoms with Crippen molar-refractivity contribution in [2.24, 2.45) is 0 Å². The van der Waals surface area contributed by atoms with Gasteiger partial charge >= 0.3 is 11.9 Å². The maximum absolute atomic E-state index is 11.5. The molecule has 2 N–H and O–H groups in total. The van der Waals surface area contributed by atoms with E-state index in [-0.39, 0.29) is 6.61 Å². The molecule has 1 rings (SSSR count). The van der Waals surface area contributed by atoms with E-state index in [0.717, 1.165) is 0 Å². The molecule has 0 bridgehead atoms. The number of aryl methyl sites for hydroxylation is 1. The van der Waals surface area contributed by atoms with Crippen LogP contribution in [0.3, 0.4) is 0 Å². The Hall–Kier alpha value is -2.04. The van der Waals surface area contributed by atoms with Crippen molar-refractivity contribution in [3.05, 3.63) is 29.3 Å². The number of nitrogens with two attached hydrogens (primary N) is 1. The topological polar surface area (TPSA) is 78.6 Å². The molecule has 1 aromatic rings. The van der Waals surface area contributed by atoms with E-state index in [1.807, 2.05) is 0 Å². The van der Waals surface area contributed by atoms with Crippen molar-refractivity contribution < 1.29 is 19.1 Å². The number of carbonyl (C=O) groups excluding carboxylic acids is 2. The largest absolute Gasteiger partial charge is 0.466 e. The van der Waals surface area contributed by atoms with Crippen molar-refractivity contribution in [3.8, 4) is 0 Å². The number of nitrogen functional groups attached to an aromatic ring is 1. The molecule has 0 unspecified atom stereocenters. The van der Waals surface area contributed by atoms with E-state index in [1.165, 1.54) is 7.11 Å². The highest BCUT2D eigenvalue weighted by Crippen LogP contribution is 2.13. The maximum atomic E-state index is 11.5. The van der Waals surface area contributed by atoms with E-state index >= 15 is 0 Å². The number of benzene rings is 1. The van der Waals surface area contributed by atoms with Crippen molar-refractivity contribution in [2.45, 2.75) is 6.92 Å². The summed E-state index contributed by atoms with van der Waals surface area (Å²) in [6, 6.07) is 4.82. The van der Waals surface area contributed by atoms with Gasteiger partial charge in [0.25, 0.3) is 0 Å². The minimum absolute atomic E-state index is 0.387. The molecule has 1 aromatic carbocycles. The molecule has 0 heterocycles. The van der Waals surface area contributed by atoms with Gasteiger partial charge in [-0.25, -0.2) is 9.59 Å². The molecule has 16 heavy (non-hydrogen) atoms. The molecule has 0 saturated carbocycles. The fourth-order valence-electron chi connectivity index (χ4n) is 1.18. The number of carbonyl (C=O) groups is 2. The molecule has 0 aliphatic rings. The molecule has 5 heteroatoms. The van der Waals surface area contributed by atoms with Crippen LogP contribution in [0.4, 0.5) is 5.69 Å². The molecular formula is C11H13NO4. The quantitative estimate of drug-likeness (QED) is 0.608. The molecule has 0 aromatic heterocycles. The first-order valence-electron chi connectivity index (χ1n) is 4.64. The van der Waals surface area contributed by atoms with Crippen LogP contribution in [0, 0.1) is 6.92 Å². The Morgan fingerprint density at radius 2 is 2.06 bits per heavy atom. The number of anilines is 1. The van der Waals surface area contributed by atoms with E-state index in [4.69, 9.17) is 10.5 Å². The van der Waals surface area contributed by atoms with Crippen LogP contribution in [-0.2, 0) is 14.3 Å². The molecule has 0 saturated heterocycles. The lowest BCUT2D eigenvalue weighted by Crippen LogP contribution is -2.15. The number of ether oxygens (including phenoxy) is 2. The number of hydrogen-bond acceptors (Lipinski definition) is 5. The fraction of sp³-hybridized carbons (Fsp3) is 0.273. The highest BCUT2D eigenvalue weighted by Gasteiger charge is 2.12. The summed E-state index contributed by atoms with van der Waals surface area (Å²) in [6.07, 6.45) is 0. The molecule has 0 aliphatic heterocycles. The molecular weight excluding hydrogens is 210 g/mol. The lowest BCUT2D eigenvalue weighted by molar-refractivity contribution is -0.144. The predicted octanol–water partition coefficient (Wildman–Crippen LogP) is 0.907. The second-order valence-electron chi connectivity index (χ2n) is 3.23. The Kier molecular flexibility index (Phi) is 3.88. The molecule has 0 fully saturated rings. The van der Waals surface area contributed by atoms with E-state index in [0.29, 0.717) is 16.8 Å². The first kappa shape index (κ1) is 12.0. The summed E-state index contributed by atoms with van der Waals surface area (Å²) in [5, 5.41) is 0. The molecule has 5 nitrogen and oxygen atoms in total. The van der Waals surface area contributed by atoms with Gasteiger partial charge in [-0.1, -0.05) is 0 Å². The van der Waals surface area contributed by atoms with E-state index < -0.39 is 11.9 Å². The third-order valence-corrected chi connectivity index (χ3v) is 2.02. The van der Waals surface area contributed by atoms with Gasteiger partial charge < -0.3 is 15.2 Å². The number of methoxy groups -OCH3 is 1. The Morgan fingerprint density at radius 1 is 1.38 bits per heavy atom. The first-order valence-corrected chi connectivity index (χ1v) is 4.64. The average Bonchev–Trinajstić information content (AvgIpc) is 2.25. The molecule has 0 aliphatic carbocycles. The monoisotopic (exact) mass is 223 g/mol. The van der Waals surface area contributed by atoms with Gasteiger partial charge in [-0.2, -0.15) is 0 Å². The predicted molar refractivity (Wildman–Crippen MR) is 57.9 cm³/mol. The zero-order valence-electron chi connectivity index (χ0n) is 9.15. The molecule has 0 spiro atoms. The lowest BCUT2D eigenvalue weighted by Gasteiger charge is -2.06. The fourth-order valence-corrected chi connectivity index (χ4v) is 1.18. The zero-order chi connectivity index (χ0) is 12.1. The standard InChI is InChI=1S/C11H13NO4/c1-7-5-8(12)3-4-9(7)11(14)16-6-10(13)15-2/h3-5H,6,12H2,1-2H3. The van der Waals surface area contributed by atoms with Gasteiger partial charge in [0.05, 0.1) is 12.7 Å². The Balaban J connectivity index is 2.70. The van der Waals surface area contributed by atoms with Crippen LogP contribution in [0.5, 0.6) is 0 Å². The van der Waals surface area contributed by atoms with Crippen LogP contribution in [0.25, 0.3) is 0 Å². The minimum atomic E-state index is -0.596. The molecule has 0 atom stereocenters. The minimum Gasteiger partial charge on any atom is -0.466 e. The van der Waals surface area contributed by atoms with Crippen molar-refractivity contribution in [2.75, 3.05) is 19.5 Å². The molecule has 0 amide bonds.